The number of hydrazine groups is 1. The second kappa shape index (κ2) is 9.18. The normalized spacial score (nSPS) is 9.76. The highest BCUT2D eigenvalue weighted by Gasteiger charge is 2.14. The van der Waals surface area contributed by atoms with Gasteiger partial charge in [-0.3, -0.25) is 20.4 Å². The van der Waals surface area contributed by atoms with Gasteiger partial charge >= 0.3 is 5.97 Å². The van der Waals surface area contributed by atoms with Crippen LogP contribution in [-0.2, 0) is 9.53 Å². The van der Waals surface area contributed by atoms with E-state index in [1.54, 1.807) is 36.4 Å². The highest BCUT2D eigenvalue weighted by Crippen LogP contribution is 2.15. The lowest BCUT2D eigenvalue weighted by atomic mass is 10.2. The third-order valence-electron chi connectivity index (χ3n) is 2.80. The Hall–Kier alpha value is -3.20. The van der Waals surface area contributed by atoms with Crippen molar-refractivity contribution in [2.45, 2.75) is 0 Å². The molecule has 8 nitrogen and oxygen atoms in total. The summed E-state index contributed by atoms with van der Waals surface area (Å²) >= 11 is 1.24. The number of carbonyl (C=O) groups is 3. The molecule has 1 heterocycles. The molecular formula is C16H16N4O4S. The van der Waals surface area contributed by atoms with Crippen LogP contribution in [0.15, 0.2) is 48.4 Å². The van der Waals surface area contributed by atoms with Gasteiger partial charge in [-0.1, -0.05) is 24.3 Å². The number of carbonyl (C=O) groups excluding carboxylic acids is 3. The van der Waals surface area contributed by atoms with Crippen LogP contribution in [0.5, 0.6) is 0 Å². The molecule has 130 valence electrons. The Morgan fingerprint density at radius 3 is 2.68 bits per heavy atom. The van der Waals surface area contributed by atoms with Crippen LogP contribution >= 0.6 is 11.3 Å². The summed E-state index contributed by atoms with van der Waals surface area (Å²) in [5, 5.41) is 5.00. The van der Waals surface area contributed by atoms with E-state index in [0.29, 0.717) is 17.2 Å². The van der Waals surface area contributed by atoms with E-state index in [1.165, 1.54) is 16.7 Å². The Bertz CT molecular complexity index is 761. The van der Waals surface area contributed by atoms with Gasteiger partial charge in [0.05, 0.1) is 0 Å². The molecule has 0 aliphatic heterocycles. The number of esters is 1. The monoisotopic (exact) mass is 360 g/mol. The summed E-state index contributed by atoms with van der Waals surface area (Å²) in [6, 6.07) is 8.37. The number of hydrogen-bond donors (Lipinski definition) is 3. The van der Waals surface area contributed by atoms with Gasteiger partial charge in [-0.05, 0) is 12.1 Å². The fourth-order valence-corrected chi connectivity index (χ4v) is 2.33. The number of ether oxygens (including phenoxy) is 1. The van der Waals surface area contributed by atoms with Crippen molar-refractivity contribution >= 4 is 34.3 Å². The number of thiazole rings is 1. The number of nitrogens with zero attached hydrogens (tertiary/aromatic N) is 1. The van der Waals surface area contributed by atoms with Gasteiger partial charge in [0, 0.05) is 17.5 Å². The van der Waals surface area contributed by atoms with Crippen LogP contribution in [0.3, 0.4) is 0 Å². The molecule has 2 amide bonds. The molecule has 0 atom stereocenters. The van der Waals surface area contributed by atoms with Crippen molar-refractivity contribution in [3.63, 3.8) is 0 Å². The molecular weight excluding hydrogens is 344 g/mol. The summed E-state index contributed by atoms with van der Waals surface area (Å²) in [6.07, 6.45) is 1.66. The van der Waals surface area contributed by atoms with E-state index in [0.717, 1.165) is 0 Å². The fraction of sp³-hybridized carbons (Fsp3) is 0.125. The van der Waals surface area contributed by atoms with Crippen molar-refractivity contribution in [1.82, 2.24) is 15.8 Å². The van der Waals surface area contributed by atoms with Gasteiger partial charge in [0.15, 0.2) is 17.4 Å². The van der Waals surface area contributed by atoms with Crippen molar-refractivity contribution in [3.05, 3.63) is 59.6 Å². The van der Waals surface area contributed by atoms with E-state index in [9.17, 15) is 14.4 Å². The molecule has 3 N–H and O–H groups in total. The average molecular weight is 360 g/mol. The first-order valence-electron chi connectivity index (χ1n) is 7.22. The maximum absolute atomic E-state index is 11.8. The predicted molar refractivity (Wildman–Crippen MR) is 93.1 cm³/mol. The third-order valence-corrected chi connectivity index (χ3v) is 3.60. The minimum Gasteiger partial charge on any atom is -0.451 e. The number of hydrogen-bond acceptors (Lipinski definition) is 7. The molecule has 2 rings (SSSR count). The molecule has 2 aromatic rings. The topological polar surface area (TPSA) is 109 Å². The zero-order valence-electron chi connectivity index (χ0n) is 13.2. The largest absolute Gasteiger partial charge is 0.451 e. The Morgan fingerprint density at radius 2 is 1.96 bits per heavy atom. The van der Waals surface area contributed by atoms with E-state index in [-0.39, 0.29) is 5.69 Å². The van der Waals surface area contributed by atoms with Crippen molar-refractivity contribution in [3.8, 4) is 0 Å². The van der Waals surface area contributed by atoms with Crippen molar-refractivity contribution in [2.75, 3.05) is 18.5 Å². The quantitative estimate of drug-likeness (QED) is 0.391. The Labute approximate surface area is 147 Å². The number of rotatable bonds is 7. The lowest BCUT2D eigenvalue weighted by Gasteiger charge is -2.07. The Balaban J connectivity index is 1.74. The number of anilines is 1. The first kappa shape index (κ1) is 18.1. The summed E-state index contributed by atoms with van der Waals surface area (Å²) in [4.78, 5) is 39.2. The van der Waals surface area contributed by atoms with Crippen LogP contribution < -0.4 is 16.2 Å². The maximum Gasteiger partial charge on any atom is 0.358 e. The molecule has 1 aromatic heterocycles. The molecule has 0 aliphatic carbocycles. The average Bonchev–Trinajstić information content (AvgIpc) is 3.12. The molecule has 0 bridgehead atoms. The number of amides is 2. The number of aromatic nitrogens is 1. The summed E-state index contributed by atoms with van der Waals surface area (Å²) < 4.78 is 4.84. The van der Waals surface area contributed by atoms with Gasteiger partial charge in [0.2, 0.25) is 0 Å². The summed E-state index contributed by atoms with van der Waals surface area (Å²) in [5.41, 5.74) is 4.88. The van der Waals surface area contributed by atoms with E-state index >= 15 is 0 Å². The molecule has 9 heteroatoms. The van der Waals surface area contributed by atoms with Gasteiger partial charge in [-0.2, -0.15) is 0 Å². The summed E-state index contributed by atoms with van der Waals surface area (Å²) in [6.45, 7) is 3.54. The van der Waals surface area contributed by atoms with Crippen LogP contribution in [-0.4, -0.2) is 35.9 Å². The van der Waals surface area contributed by atoms with Gasteiger partial charge in [-0.15, -0.1) is 17.9 Å². The lowest BCUT2D eigenvalue weighted by Crippen LogP contribution is -2.43. The standard InChI is InChI=1S/C16H16N4O4S/c1-2-8-17-16-18-12(10-25-16)15(23)24-9-13(21)19-20-14(22)11-6-4-3-5-7-11/h2-7,10H,1,8-9H2,(H,17,18)(H,19,21)(H,20,22). The van der Waals surface area contributed by atoms with Gasteiger partial charge in [0.1, 0.15) is 0 Å². The maximum atomic E-state index is 11.8. The second-order valence-corrected chi connectivity index (χ2v) is 5.51. The molecule has 0 saturated carbocycles. The fourth-order valence-electron chi connectivity index (χ4n) is 1.64. The van der Waals surface area contributed by atoms with Crippen LogP contribution in [0, 0.1) is 0 Å². The first-order chi connectivity index (χ1) is 12.1. The molecule has 1 aromatic carbocycles. The van der Waals surface area contributed by atoms with Crippen molar-refractivity contribution in [1.29, 1.82) is 0 Å². The van der Waals surface area contributed by atoms with Crippen molar-refractivity contribution in [2.24, 2.45) is 0 Å². The SMILES string of the molecule is C=CCNc1nc(C(=O)OCC(=O)NNC(=O)c2ccccc2)cs1. The Kier molecular flexibility index (Phi) is 6.66. The van der Waals surface area contributed by atoms with E-state index in [1.807, 2.05) is 0 Å². The highest BCUT2D eigenvalue weighted by atomic mass is 32.1. The smallest absolute Gasteiger partial charge is 0.358 e. The molecule has 0 fully saturated rings. The third kappa shape index (κ3) is 5.74. The van der Waals surface area contributed by atoms with Crippen LogP contribution in [0.1, 0.15) is 20.8 Å². The minimum absolute atomic E-state index is 0.0951. The van der Waals surface area contributed by atoms with E-state index < -0.39 is 24.4 Å². The molecule has 0 unspecified atom stereocenters. The first-order valence-corrected chi connectivity index (χ1v) is 8.09. The molecule has 0 radical (unpaired) electrons. The van der Waals surface area contributed by atoms with Crippen LogP contribution in [0.2, 0.25) is 0 Å². The molecule has 0 spiro atoms. The number of benzene rings is 1. The number of nitrogens with one attached hydrogen (secondary N) is 3. The van der Waals surface area contributed by atoms with E-state index in [2.05, 4.69) is 27.7 Å². The molecule has 0 aliphatic rings. The van der Waals surface area contributed by atoms with E-state index in [4.69, 9.17) is 4.74 Å². The minimum atomic E-state index is -0.729. The zero-order chi connectivity index (χ0) is 18.1. The van der Waals surface area contributed by atoms with Gasteiger partial charge in [-0.25, -0.2) is 9.78 Å². The lowest BCUT2D eigenvalue weighted by molar-refractivity contribution is -0.125. The summed E-state index contributed by atoms with van der Waals surface area (Å²) in [7, 11) is 0. The predicted octanol–water partition coefficient (Wildman–Crippen LogP) is 1.36. The molecule has 25 heavy (non-hydrogen) atoms. The molecule has 0 saturated heterocycles. The highest BCUT2D eigenvalue weighted by molar-refractivity contribution is 7.13. The van der Waals surface area contributed by atoms with Gasteiger partial charge in [0.25, 0.3) is 11.8 Å². The van der Waals surface area contributed by atoms with Crippen molar-refractivity contribution < 1.29 is 19.1 Å². The Morgan fingerprint density at radius 1 is 1.20 bits per heavy atom. The second-order valence-electron chi connectivity index (χ2n) is 4.65. The zero-order valence-corrected chi connectivity index (χ0v) is 14.0. The summed E-state index contributed by atoms with van der Waals surface area (Å²) in [5.74, 6) is -1.87. The van der Waals surface area contributed by atoms with Crippen LogP contribution in [0.4, 0.5) is 5.13 Å². The van der Waals surface area contributed by atoms with Crippen LogP contribution in [0.25, 0.3) is 0 Å². The van der Waals surface area contributed by atoms with Gasteiger partial charge < -0.3 is 10.1 Å².